The van der Waals surface area contributed by atoms with Gasteiger partial charge in [-0.05, 0) is 54.7 Å². The average molecular weight is 366 g/mol. The normalized spacial score (nSPS) is 13.7. The Bertz CT molecular complexity index is 793. The van der Waals surface area contributed by atoms with Crippen molar-refractivity contribution in [3.05, 3.63) is 59.7 Å². The van der Waals surface area contributed by atoms with E-state index in [9.17, 15) is 9.59 Å². The van der Waals surface area contributed by atoms with E-state index in [1.165, 1.54) is 5.56 Å². The minimum absolute atomic E-state index is 0.0186. The molecule has 3 rings (SSSR count). The van der Waals surface area contributed by atoms with Crippen LogP contribution in [-0.2, 0) is 4.79 Å². The van der Waals surface area contributed by atoms with E-state index in [0.29, 0.717) is 22.9 Å². The average Bonchev–Trinajstić information content (AvgIpc) is 3.21. The highest BCUT2D eigenvalue weighted by Crippen LogP contribution is 2.19. The molecule has 0 bridgehead atoms. The SMILES string of the molecule is CC(C)c1ccc(OCC(=O)Nc2cccc(C(=O)N3CCCC3)c2)cc1. The lowest BCUT2D eigenvalue weighted by Gasteiger charge is -2.16. The molecule has 0 atom stereocenters. The molecule has 1 heterocycles. The Hall–Kier alpha value is -2.82. The van der Waals surface area contributed by atoms with Crippen LogP contribution in [0, 0.1) is 0 Å². The first-order chi connectivity index (χ1) is 13.0. The lowest BCUT2D eigenvalue weighted by Crippen LogP contribution is -2.27. The zero-order chi connectivity index (χ0) is 19.2. The van der Waals surface area contributed by atoms with Gasteiger partial charge in [0, 0.05) is 24.3 Å². The number of carbonyl (C=O) groups excluding carboxylic acids is 2. The largest absolute Gasteiger partial charge is 0.484 e. The molecule has 0 saturated carbocycles. The van der Waals surface area contributed by atoms with Crippen LogP contribution in [0.4, 0.5) is 5.69 Å². The van der Waals surface area contributed by atoms with Crippen LogP contribution in [0.3, 0.4) is 0 Å². The van der Waals surface area contributed by atoms with E-state index in [1.54, 1.807) is 24.3 Å². The van der Waals surface area contributed by atoms with Crippen molar-refractivity contribution in [1.82, 2.24) is 4.90 Å². The molecule has 1 saturated heterocycles. The molecule has 1 N–H and O–H groups in total. The van der Waals surface area contributed by atoms with Gasteiger partial charge in [0.25, 0.3) is 11.8 Å². The van der Waals surface area contributed by atoms with Crippen LogP contribution in [0.15, 0.2) is 48.5 Å². The van der Waals surface area contributed by atoms with Gasteiger partial charge in [0.2, 0.25) is 0 Å². The second kappa shape index (κ2) is 8.71. The maximum Gasteiger partial charge on any atom is 0.262 e. The van der Waals surface area contributed by atoms with Gasteiger partial charge in [0.05, 0.1) is 0 Å². The van der Waals surface area contributed by atoms with Gasteiger partial charge in [-0.25, -0.2) is 0 Å². The number of likely N-dealkylation sites (tertiary alicyclic amines) is 1. The molecule has 0 aliphatic carbocycles. The van der Waals surface area contributed by atoms with E-state index in [0.717, 1.165) is 25.9 Å². The lowest BCUT2D eigenvalue weighted by atomic mass is 10.0. The van der Waals surface area contributed by atoms with Crippen LogP contribution < -0.4 is 10.1 Å². The number of ether oxygens (including phenoxy) is 1. The third-order valence-corrected chi connectivity index (χ3v) is 4.70. The standard InChI is InChI=1S/C22H26N2O3/c1-16(2)17-8-10-20(11-9-17)27-15-21(25)23-19-7-5-6-18(14-19)22(26)24-12-3-4-13-24/h5-11,14,16H,3-4,12-13,15H2,1-2H3,(H,23,25). The van der Waals surface area contributed by atoms with Gasteiger partial charge in [0.15, 0.2) is 6.61 Å². The van der Waals surface area contributed by atoms with Crippen LogP contribution in [0.2, 0.25) is 0 Å². The van der Waals surface area contributed by atoms with Gasteiger partial charge >= 0.3 is 0 Å². The molecule has 0 radical (unpaired) electrons. The number of anilines is 1. The van der Waals surface area contributed by atoms with Gasteiger partial charge in [0.1, 0.15) is 5.75 Å². The van der Waals surface area contributed by atoms with E-state index in [-0.39, 0.29) is 18.4 Å². The molecule has 0 spiro atoms. The summed E-state index contributed by atoms with van der Waals surface area (Å²) in [5.74, 6) is 0.879. The Morgan fingerprint density at radius 3 is 2.44 bits per heavy atom. The highest BCUT2D eigenvalue weighted by Gasteiger charge is 2.19. The van der Waals surface area contributed by atoms with E-state index in [4.69, 9.17) is 4.74 Å². The minimum atomic E-state index is -0.256. The van der Waals surface area contributed by atoms with Crippen molar-refractivity contribution in [1.29, 1.82) is 0 Å². The lowest BCUT2D eigenvalue weighted by molar-refractivity contribution is -0.118. The van der Waals surface area contributed by atoms with Crippen LogP contribution in [0.5, 0.6) is 5.75 Å². The van der Waals surface area contributed by atoms with Gasteiger partial charge in [-0.2, -0.15) is 0 Å². The summed E-state index contributed by atoms with van der Waals surface area (Å²) in [5.41, 5.74) is 2.43. The van der Waals surface area contributed by atoms with Crippen molar-refractivity contribution in [3.8, 4) is 5.75 Å². The van der Waals surface area contributed by atoms with E-state index < -0.39 is 0 Å². The fraction of sp³-hybridized carbons (Fsp3) is 0.364. The second-order valence-corrected chi connectivity index (χ2v) is 7.14. The third kappa shape index (κ3) is 5.09. The molecular weight excluding hydrogens is 340 g/mol. The van der Waals surface area contributed by atoms with Crippen molar-refractivity contribution < 1.29 is 14.3 Å². The molecule has 2 aromatic rings. The summed E-state index contributed by atoms with van der Waals surface area (Å²) in [6.07, 6.45) is 2.11. The molecule has 5 heteroatoms. The summed E-state index contributed by atoms with van der Waals surface area (Å²) >= 11 is 0. The van der Waals surface area contributed by atoms with E-state index >= 15 is 0 Å². The molecule has 1 fully saturated rings. The van der Waals surface area contributed by atoms with Crippen molar-refractivity contribution in [2.45, 2.75) is 32.6 Å². The highest BCUT2D eigenvalue weighted by atomic mass is 16.5. The summed E-state index contributed by atoms with van der Waals surface area (Å²) < 4.78 is 5.55. The number of benzene rings is 2. The summed E-state index contributed by atoms with van der Waals surface area (Å²) in [5, 5.41) is 2.79. The van der Waals surface area contributed by atoms with Gasteiger partial charge in [-0.15, -0.1) is 0 Å². The molecule has 0 aromatic heterocycles. The highest BCUT2D eigenvalue weighted by molar-refractivity contribution is 5.97. The monoisotopic (exact) mass is 366 g/mol. The summed E-state index contributed by atoms with van der Waals surface area (Å²) in [6.45, 7) is 5.79. The molecular formula is C22H26N2O3. The van der Waals surface area contributed by atoms with Crippen molar-refractivity contribution in [3.63, 3.8) is 0 Å². The minimum Gasteiger partial charge on any atom is -0.484 e. The van der Waals surface area contributed by atoms with E-state index in [2.05, 4.69) is 19.2 Å². The smallest absolute Gasteiger partial charge is 0.262 e. The van der Waals surface area contributed by atoms with Gasteiger partial charge < -0.3 is 15.0 Å². The topological polar surface area (TPSA) is 58.6 Å². The Morgan fingerprint density at radius 2 is 1.78 bits per heavy atom. The number of rotatable bonds is 6. The predicted octanol–water partition coefficient (Wildman–Crippen LogP) is 4.06. The zero-order valence-corrected chi connectivity index (χ0v) is 15.9. The third-order valence-electron chi connectivity index (χ3n) is 4.70. The quantitative estimate of drug-likeness (QED) is 0.839. The summed E-state index contributed by atoms with van der Waals surface area (Å²) in [7, 11) is 0. The summed E-state index contributed by atoms with van der Waals surface area (Å²) in [6, 6.07) is 14.8. The number of hydrogen-bond acceptors (Lipinski definition) is 3. The Balaban J connectivity index is 1.54. The molecule has 2 aromatic carbocycles. The number of hydrogen-bond donors (Lipinski definition) is 1. The molecule has 27 heavy (non-hydrogen) atoms. The van der Waals surface area contributed by atoms with Crippen LogP contribution in [0.25, 0.3) is 0 Å². The van der Waals surface area contributed by atoms with Crippen molar-refractivity contribution >= 4 is 17.5 Å². The Labute approximate surface area is 160 Å². The maximum absolute atomic E-state index is 12.5. The first-order valence-corrected chi connectivity index (χ1v) is 9.45. The zero-order valence-electron chi connectivity index (χ0n) is 15.9. The predicted molar refractivity (Wildman–Crippen MR) is 106 cm³/mol. The van der Waals surface area contributed by atoms with Crippen LogP contribution >= 0.6 is 0 Å². The Morgan fingerprint density at radius 1 is 1.07 bits per heavy atom. The van der Waals surface area contributed by atoms with E-state index in [1.807, 2.05) is 29.2 Å². The second-order valence-electron chi connectivity index (χ2n) is 7.14. The number of amides is 2. The van der Waals surface area contributed by atoms with Crippen molar-refractivity contribution in [2.75, 3.05) is 25.0 Å². The fourth-order valence-electron chi connectivity index (χ4n) is 3.13. The molecule has 142 valence electrons. The first kappa shape index (κ1) is 19.0. The molecule has 5 nitrogen and oxygen atoms in total. The molecule has 1 aliphatic heterocycles. The number of nitrogens with zero attached hydrogens (tertiary/aromatic N) is 1. The summed E-state index contributed by atoms with van der Waals surface area (Å²) in [4.78, 5) is 26.5. The Kier molecular flexibility index (Phi) is 6.12. The van der Waals surface area contributed by atoms with Crippen LogP contribution in [0.1, 0.15) is 48.5 Å². The van der Waals surface area contributed by atoms with Gasteiger partial charge in [-0.1, -0.05) is 32.0 Å². The first-order valence-electron chi connectivity index (χ1n) is 9.45. The number of nitrogens with one attached hydrogen (secondary N) is 1. The van der Waals surface area contributed by atoms with Gasteiger partial charge in [-0.3, -0.25) is 9.59 Å². The molecule has 1 aliphatic rings. The molecule has 0 unspecified atom stereocenters. The fourth-order valence-corrected chi connectivity index (χ4v) is 3.13. The molecule has 2 amide bonds. The number of carbonyl (C=O) groups is 2. The maximum atomic E-state index is 12.5. The van der Waals surface area contributed by atoms with Crippen LogP contribution in [-0.4, -0.2) is 36.4 Å². The van der Waals surface area contributed by atoms with Crippen molar-refractivity contribution in [2.24, 2.45) is 0 Å².